The van der Waals surface area contributed by atoms with Gasteiger partial charge in [-0.15, -0.1) is 10.2 Å². The molecule has 1 saturated heterocycles. The zero-order valence-electron chi connectivity index (χ0n) is 11.2. The fourth-order valence-electron chi connectivity index (χ4n) is 3.19. The molecule has 1 unspecified atom stereocenters. The van der Waals surface area contributed by atoms with Crippen molar-refractivity contribution in [3.8, 4) is 0 Å². The number of nitrogens with one attached hydrogen (secondary N) is 1. The highest BCUT2D eigenvalue weighted by atomic mass is 79.9. The molecule has 3 heterocycles. The van der Waals surface area contributed by atoms with Crippen LogP contribution in [0.1, 0.15) is 38.4 Å². The molecule has 4 nitrogen and oxygen atoms in total. The maximum Gasteiger partial charge on any atom is 0.160 e. The van der Waals surface area contributed by atoms with Crippen LogP contribution in [0.2, 0.25) is 0 Å². The summed E-state index contributed by atoms with van der Waals surface area (Å²) < 4.78 is 3.21. The third-order valence-electron chi connectivity index (χ3n) is 4.04. The number of nitrogens with zero attached hydrogens (tertiary/aromatic N) is 3. The smallest absolute Gasteiger partial charge is 0.160 e. The lowest BCUT2D eigenvalue weighted by atomic mass is 9.76. The first-order chi connectivity index (χ1) is 9.25. The van der Waals surface area contributed by atoms with Crippen molar-refractivity contribution in [2.45, 2.75) is 38.0 Å². The molecule has 0 spiro atoms. The summed E-state index contributed by atoms with van der Waals surface area (Å²) in [6, 6.07) is 4.02. The minimum atomic E-state index is 0.132. The van der Waals surface area contributed by atoms with E-state index in [-0.39, 0.29) is 5.41 Å². The van der Waals surface area contributed by atoms with E-state index in [2.05, 4.69) is 49.0 Å². The zero-order chi connectivity index (χ0) is 13.3. The van der Waals surface area contributed by atoms with Gasteiger partial charge in [-0.05, 0) is 53.9 Å². The number of hydrogen-bond donors (Lipinski definition) is 1. The predicted octanol–water partition coefficient (Wildman–Crippen LogP) is 2.91. The Hall–Kier alpha value is -0.940. The molecule has 5 heteroatoms. The van der Waals surface area contributed by atoms with Crippen LogP contribution in [0.25, 0.3) is 5.65 Å². The van der Waals surface area contributed by atoms with Crippen LogP contribution in [0.5, 0.6) is 0 Å². The number of fused-ring (bicyclic) bond motifs is 1. The van der Waals surface area contributed by atoms with Crippen molar-refractivity contribution >= 4 is 21.6 Å². The van der Waals surface area contributed by atoms with E-state index in [1.807, 2.05) is 12.1 Å². The van der Waals surface area contributed by atoms with Crippen LogP contribution in [0.3, 0.4) is 0 Å². The fraction of sp³-hybridized carbons (Fsp3) is 0.571. The molecular formula is C14H19BrN4. The number of rotatable bonds is 3. The number of halogens is 1. The van der Waals surface area contributed by atoms with E-state index < -0.39 is 0 Å². The zero-order valence-corrected chi connectivity index (χ0v) is 12.8. The van der Waals surface area contributed by atoms with Crippen molar-refractivity contribution in [1.29, 1.82) is 0 Å². The Kier molecular flexibility index (Phi) is 3.58. The summed E-state index contributed by atoms with van der Waals surface area (Å²) in [4.78, 5) is 0. The Balaban J connectivity index is 2.11. The highest BCUT2D eigenvalue weighted by Gasteiger charge is 2.37. The summed E-state index contributed by atoms with van der Waals surface area (Å²) in [7, 11) is 0. The van der Waals surface area contributed by atoms with Gasteiger partial charge in [0.15, 0.2) is 5.65 Å². The van der Waals surface area contributed by atoms with Crippen molar-refractivity contribution in [3.05, 3.63) is 28.6 Å². The van der Waals surface area contributed by atoms with Crippen molar-refractivity contribution in [2.75, 3.05) is 13.1 Å². The predicted molar refractivity (Wildman–Crippen MR) is 79.4 cm³/mol. The van der Waals surface area contributed by atoms with Crippen molar-refractivity contribution in [2.24, 2.45) is 0 Å². The van der Waals surface area contributed by atoms with Gasteiger partial charge in [0, 0.05) is 22.6 Å². The summed E-state index contributed by atoms with van der Waals surface area (Å²) in [5.74, 6) is 1.11. The number of pyridine rings is 1. The molecule has 0 aromatic carbocycles. The van der Waals surface area contributed by atoms with Crippen molar-refractivity contribution in [1.82, 2.24) is 19.9 Å². The largest absolute Gasteiger partial charge is 0.316 e. The highest BCUT2D eigenvalue weighted by Crippen LogP contribution is 2.35. The van der Waals surface area contributed by atoms with Crippen LogP contribution in [-0.4, -0.2) is 27.7 Å². The standard InChI is InChI=1S/C14H19BrN4/c1-2-6-14(7-3-8-16-10-14)13-18-17-12-5-4-11(15)9-19(12)13/h4-5,9,16H,2-3,6-8,10H2,1H3. The molecule has 1 atom stereocenters. The average Bonchev–Trinajstić information content (AvgIpc) is 2.83. The summed E-state index contributed by atoms with van der Waals surface area (Å²) in [6.45, 7) is 4.37. The molecule has 1 aliphatic rings. The molecule has 3 rings (SSSR count). The second-order valence-corrected chi connectivity index (χ2v) is 6.33. The van der Waals surface area contributed by atoms with Crippen molar-refractivity contribution < 1.29 is 0 Å². The van der Waals surface area contributed by atoms with Gasteiger partial charge in [0.1, 0.15) is 5.82 Å². The Morgan fingerprint density at radius 1 is 1.42 bits per heavy atom. The molecule has 19 heavy (non-hydrogen) atoms. The molecule has 2 aromatic heterocycles. The first kappa shape index (κ1) is 13.1. The number of hydrogen-bond acceptors (Lipinski definition) is 3. The van der Waals surface area contributed by atoms with Crippen LogP contribution >= 0.6 is 15.9 Å². The second kappa shape index (κ2) is 5.21. The topological polar surface area (TPSA) is 42.2 Å². The number of piperidine rings is 1. The molecule has 0 radical (unpaired) electrons. The molecule has 0 saturated carbocycles. The van der Waals surface area contributed by atoms with Gasteiger partial charge < -0.3 is 5.32 Å². The lowest BCUT2D eigenvalue weighted by Gasteiger charge is -2.36. The molecule has 0 bridgehead atoms. The van der Waals surface area contributed by atoms with Crippen LogP contribution in [0.15, 0.2) is 22.8 Å². The highest BCUT2D eigenvalue weighted by molar-refractivity contribution is 9.10. The van der Waals surface area contributed by atoms with E-state index in [0.29, 0.717) is 0 Å². The van der Waals surface area contributed by atoms with E-state index in [1.165, 1.54) is 19.3 Å². The van der Waals surface area contributed by atoms with Gasteiger partial charge in [-0.1, -0.05) is 13.3 Å². The monoisotopic (exact) mass is 322 g/mol. The van der Waals surface area contributed by atoms with E-state index in [1.54, 1.807) is 0 Å². The molecule has 1 fully saturated rings. The minimum Gasteiger partial charge on any atom is -0.316 e. The number of aromatic nitrogens is 3. The van der Waals surface area contributed by atoms with Crippen LogP contribution in [0.4, 0.5) is 0 Å². The first-order valence-corrected chi connectivity index (χ1v) is 7.76. The van der Waals surface area contributed by atoms with Gasteiger partial charge in [-0.25, -0.2) is 0 Å². The second-order valence-electron chi connectivity index (χ2n) is 5.41. The lowest BCUT2D eigenvalue weighted by Crippen LogP contribution is -2.44. The molecule has 102 valence electrons. The van der Waals surface area contributed by atoms with E-state index in [9.17, 15) is 0 Å². The lowest BCUT2D eigenvalue weighted by molar-refractivity contribution is 0.274. The van der Waals surface area contributed by atoms with Crippen LogP contribution in [0, 0.1) is 0 Å². The Morgan fingerprint density at radius 2 is 2.32 bits per heavy atom. The third-order valence-corrected chi connectivity index (χ3v) is 4.51. The molecule has 1 N–H and O–H groups in total. The van der Waals surface area contributed by atoms with E-state index in [0.717, 1.165) is 35.5 Å². The Bertz CT molecular complexity index is 566. The van der Waals surface area contributed by atoms with Crippen LogP contribution < -0.4 is 5.32 Å². The Labute approximate surface area is 121 Å². The summed E-state index contributed by atoms with van der Waals surface area (Å²) in [5, 5.41) is 12.4. The maximum absolute atomic E-state index is 4.50. The SMILES string of the molecule is CCCC1(c2nnc3ccc(Br)cn23)CCCNC1. The average molecular weight is 323 g/mol. The molecule has 0 aliphatic carbocycles. The fourth-order valence-corrected chi connectivity index (χ4v) is 3.53. The van der Waals surface area contributed by atoms with Gasteiger partial charge in [-0.3, -0.25) is 4.40 Å². The van der Waals surface area contributed by atoms with E-state index >= 15 is 0 Å². The molecule has 0 amide bonds. The van der Waals surface area contributed by atoms with Gasteiger partial charge in [0.05, 0.1) is 0 Å². The molecule has 2 aromatic rings. The third kappa shape index (κ3) is 2.30. The van der Waals surface area contributed by atoms with Gasteiger partial charge in [-0.2, -0.15) is 0 Å². The molecular weight excluding hydrogens is 304 g/mol. The quantitative estimate of drug-likeness (QED) is 0.944. The van der Waals surface area contributed by atoms with Crippen LogP contribution in [-0.2, 0) is 5.41 Å². The first-order valence-electron chi connectivity index (χ1n) is 6.97. The van der Waals surface area contributed by atoms with Gasteiger partial charge in [0.25, 0.3) is 0 Å². The van der Waals surface area contributed by atoms with Gasteiger partial charge in [0.2, 0.25) is 0 Å². The normalized spacial score (nSPS) is 23.9. The summed E-state index contributed by atoms with van der Waals surface area (Å²) in [5.41, 5.74) is 1.06. The van der Waals surface area contributed by atoms with Crippen molar-refractivity contribution in [3.63, 3.8) is 0 Å². The Morgan fingerprint density at radius 3 is 3.05 bits per heavy atom. The minimum absolute atomic E-state index is 0.132. The maximum atomic E-state index is 4.50. The van der Waals surface area contributed by atoms with E-state index in [4.69, 9.17) is 0 Å². The summed E-state index contributed by atoms with van der Waals surface area (Å²) in [6.07, 6.45) is 6.82. The summed E-state index contributed by atoms with van der Waals surface area (Å²) >= 11 is 3.54. The molecule has 1 aliphatic heterocycles. The van der Waals surface area contributed by atoms with Gasteiger partial charge >= 0.3 is 0 Å².